The van der Waals surface area contributed by atoms with Gasteiger partial charge in [0.2, 0.25) is 0 Å². The van der Waals surface area contributed by atoms with Crippen molar-refractivity contribution < 1.29 is 9.53 Å². The second-order valence-electron chi connectivity index (χ2n) is 5.63. The fraction of sp³-hybridized carbons (Fsp3) is 0.471. The van der Waals surface area contributed by atoms with Crippen LogP contribution in [0, 0.1) is 17.8 Å². The Kier molecular flexibility index (Phi) is 4.81. The number of benzene rings is 1. The third kappa shape index (κ3) is 4.11. The predicted octanol–water partition coefficient (Wildman–Crippen LogP) is 2.36. The van der Waals surface area contributed by atoms with E-state index in [9.17, 15) is 4.79 Å². The Morgan fingerprint density at radius 3 is 2.55 bits per heavy atom. The minimum absolute atomic E-state index is 0.395. The summed E-state index contributed by atoms with van der Waals surface area (Å²) in [5.41, 5.74) is 0.369. The maximum Gasteiger partial charge on any atom is 0.385 e. The highest BCUT2D eigenvalue weighted by Gasteiger charge is 2.33. The number of nitrogens with one attached hydrogen (secondary N) is 1. The van der Waals surface area contributed by atoms with E-state index in [0.717, 1.165) is 31.5 Å². The van der Waals surface area contributed by atoms with Gasteiger partial charge in [-0.05, 0) is 51.9 Å². The van der Waals surface area contributed by atoms with E-state index in [4.69, 9.17) is 4.74 Å². The Bertz CT molecular complexity index is 505. The summed E-state index contributed by atoms with van der Waals surface area (Å²) in [6.45, 7) is 5.93. The SMILES string of the molecule is CC(C)(OC(=O)C#Cc1ccccc1)C1CCNCC1. The van der Waals surface area contributed by atoms with Gasteiger partial charge in [-0.1, -0.05) is 24.1 Å². The lowest BCUT2D eigenvalue weighted by atomic mass is 9.83. The quantitative estimate of drug-likeness (QED) is 0.663. The summed E-state index contributed by atoms with van der Waals surface area (Å²) in [5, 5.41) is 3.32. The second kappa shape index (κ2) is 6.58. The molecule has 20 heavy (non-hydrogen) atoms. The van der Waals surface area contributed by atoms with Gasteiger partial charge >= 0.3 is 5.97 Å². The van der Waals surface area contributed by atoms with Gasteiger partial charge < -0.3 is 10.1 Å². The van der Waals surface area contributed by atoms with Gasteiger partial charge in [0.1, 0.15) is 5.60 Å². The average molecular weight is 271 g/mol. The van der Waals surface area contributed by atoms with Crippen LogP contribution in [-0.4, -0.2) is 24.7 Å². The Hall–Kier alpha value is -1.79. The molecule has 2 rings (SSSR count). The maximum absolute atomic E-state index is 11.9. The van der Waals surface area contributed by atoms with Crippen LogP contribution in [0.5, 0.6) is 0 Å². The Morgan fingerprint density at radius 1 is 1.25 bits per heavy atom. The van der Waals surface area contributed by atoms with E-state index in [1.165, 1.54) is 0 Å². The zero-order valence-corrected chi connectivity index (χ0v) is 12.1. The van der Waals surface area contributed by atoms with Crippen LogP contribution in [-0.2, 0) is 9.53 Å². The van der Waals surface area contributed by atoms with Crippen LogP contribution < -0.4 is 5.32 Å². The van der Waals surface area contributed by atoms with Crippen LogP contribution >= 0.6 is 0 Å². The van der Waals surface area contributed by atoms with E-state index in [1.807, 2.05) is 44.2 Å². The summed E-state index contributed by atoms with van der Waals surface area (Å²) in [7, 11) is 0. The van der Waals surface area contributed by atoms with E-state index >= 15 is 0 Å². The van der Waals surface area contributed by atoms with E-state index in [-0.39, 0.29) is 0 Å². The highest BCUT2D eigenvalue weighted by atomic mass is 16.6. The molecule has 1 fully saturated rings. The van der Waals surface area contributed by atoms with Crippen molar-refractivity contribution in [2.75, 3.05) is 13.1 Å². The molecule has 1 saturated heterocycles. The first-order valence-electron chi connectivity index (χ1n) is 7.09. The molecule has 0 aromatic heterocycles. The summed E-state index contributed by atoms with van der Waals surface area (Å²) in [5.74, 6) is 5.35. The van der Waals surface area contributed by atoms with Crippen molar-refractivity contribution in [3.8, 4) is 11.8 Å². The summed E-state index contributed by atoms with van der Waals surface area (Å²) in [4.78, 5) is 11.9. The number of carbonyl (C=O) groups is 1. The van der Waals surface area contributed by atoms with E-state index in [2.05, 4.69) is 17.2 Å². The smallest absolute Gasteiger partial charge is 0.385 e. The number of carbonyl (C=O) groups excluding carboxylic acids is 1. The van der Waals surface area contributed by atoms with Gasteiger partial charge in [0.25, 0.3) is 0 Å². The fourth-order valence-corrected chi connectivity index (χ4v) is 2.51. The molecular weight excluding hydrogens is 250 g/mol. The number of rotatable bonds is 2. The van der Waals surface area contributed by atoms with Crippen LogP contribution in [0.15, 0.2) is 30.3 Å². The molecule has 1 aromatic rings. The van der Waals surface area contributed by atoms with Crippen molar-refractivity contribution in [2.24, 2.45) is 5.92 Å². The molecule has 1 aromatic carbocycles. The molecule has 1 N–H and O–H groups in total. The van der Waals surface area contributed by atoms with Crippen LogP contribution in [0.2, 0.25) is 0 Å². The first-order chi connectivity index (χ1) is 9.58. The number of piperidine rings is 1. The fourth-order valence-electron chi connectivity index (χ4n) is 2.51. The van der Waals surface area contributed by atoms with E-state index in [1.54, 1.807) is 0 Å². The highest BCUT2D eigenvalue weighted by Crippen LogP contribution is 2.28. The first-order valence-corrected chi connectivity index (χ1v) is 7.09. The van der Waals surface area contributed by atoms with E-state index < -0.39 is 11.6 Å². The van der Waals surface area contributed by atoms with Gasteiger partial charge in [0, 0.05) is 17.4 Å². The molecule has 0 aliphatic carbocycles. The van der Waals surface area contributed by atoms with Crippen LogP contribution in [0.3, 0.4) is 0 Å². The minimum Gasteiger partial charge on any atom is -0.450 e. The maximum atomic E-state index is 11.9. The predicted molar refractivity (Wildman–Crippen MR) is 79.1 cm³/mol. The van der Waals surface area contributed by atoms with Gasteiger partial charge in [-0.25, -0.2) is 4.79 Å². The Morgan fingerprint density at radius 2 is 1.90 bits per heavy atom. The summed E-state index contributed by atoms with van der Waals surface area (Å²) in [6.07, 6.45) is 2.07. The van der Waals surface area contributed by atoms with Crippen molar-refractivity contribution in [3.63, 3.8) is 0 Å². The molecule has 0 bridgehead atoms. The normalized spacial score (nSPS) is 16.1. The molecule has 0 spiro atoms. The molecule has 1 aliphatic heterocycles. The topological polar surface area (TPSA) is 38.3 Å². The first kappa shape index (κ1) is 14.6. The number of hydrogen-bond donors (Lipinski definition) is 1. The highest BCUT2D eigenvalue weighted by molar-refractivity contribution is 5.89. The van der Waals surface area contributed by atoms with Gasteiger partial charge in [0.15, 0.2) is 0 Å². The zero-order chi connectivity index (χ0) is 14.4. The molecule has 0 unspecified atom stereocenters. The molecule has 1 heterocycles. The van der Waals surface area contributed by atoms with Crippen molar-refractivity contribution in [1.82, 2.24) is 5.32 Å². The Balaban J connectivity index is 1.95. The molecule has 3 heteroatoms. The van der Waals surface area contributed by atoms with E-state index in [0.29, 0.717) is 5.92 Å². The van der Waals surface area contributed by atoms with Crippen molar-refractivity contribution in [2.45, 2.75) is 32.3 Å². The van der Waals surface area contributed by atoms with Crippen molar-refractivity contribution in [3.05, 3.63) is 35.9 Å². The van der Waals surface area contributed by atoms with Gasteiger partial charge in [-0.2, -0.15) is 0 Å². The number of hydrogen-bond acceptors (Lipinski definition) is 3. The average Bonchev–Trinajstić information content (AvgIpc) is 2.47. The lowest BCUT2D eigenvalue weighted by Gasteiger charge is -2.36. The monoisotopic (exact) mass is 271 g/mol. The van der Waals surface area contributed by atoms with Gasteiger partial charge in [-0.3, -0.25) is 0 Å². The summed E-state index contributed by atoms with van der Waals surface area (Å²) in [6, 6.07) is 9.46. The number of ether oxygens (including phenoxy) is 1. The molecule has 0 radical (unpaired) electrons. The Labute approximate surface area is 120 Å². The second-order valence-corrected chi connectivity index (χ2v) is 5.63. The van der Waals surface area contributed by atoms with Crippen LogP contribution in [0.25, 0.3) is 0 Å². The summed E-state index contributed by atoms with van der Waals surface area (Å²) >= 11 is 0. The molecule has 1 aliphatic rings. The lowest BCUT2D eigenvalue weighted by Crippen LogP contribution is -2.42. The molecule has 0 amide bonds. The lowest BCUT2D eigenvalue weighted by molar-refractivity contribution is -0.155. The van der Waals surface area contributed by atoms with Crippen molar-refractivity contribution >= 4 is 5.97 Å². The third-order valence-electron chi connectivity index (χ3n) is 3.76. The summed E-state index contributed by atoms with van der Waals surface area (Å²) < 4.78 is 5.56. The molecule has 3 nitrogen and oxygen atoms in total. The van der Waals surface area contributed by atoms with Crippen LogP contribution in [0.1, 0.15) is 32.3 Å². The van der Waals surface area contributed by atoms with Gasteiger partial charge in [0.05, 0.1) is 0 Å². The third-order valence-corrected chi connectivity index (χ3v) is 3.76. The number of esters is 1. The minimum atomic E-state index is -0.454. The largest absolute Gasteiger partial charge is 0.450 e. The van der Waals surface area contributed by atoms with Crippen LogP contribution in [0.4, 0.5) is 0 Å². The standard InChI is InChI=1S/C17H21NO2/c1-17(2,15-10-12-18-13-11-15)20-16(19)9-8-14-6-4-3-5-7-14/h3-7,15,18H,10-13H2,1-2H3. The molecule has 0 saturated carbocycles. The molecular formula is C17H21NO2. The molecule has 106 valence electrons. The molecule has 0 atom stereocenters. The zero-order valence-electron chi connectivity index (χ0n) is 12.1. The van der Waals surface area contributed by atoms with Gasteiger partial charge in [-0.15, -0.1) is 0 Å². The van der Waals surface area contributed by atoms with Crippen molar-refractivity contribution in [1.29, 1.82) is 0 Å².